The highest BCUT2D eigenvalue weighted by Gasteiger charge is 2.18. The third-order valence-corrected chi connectivity index (χ3v) is 6.44. The molecular weight excluding hydrogens is 454 g/mol. The highest BCUT2D eigenvalue weighted by Crippen LogP contribution is 2.35. The zero-order valence-electron chi connectivity index (χ0n) is 20.3. The molecule has 2 heterocycles. The van der Waals surface area contributed by atoms with E-state index < -0.39 is 18.6 Å². The number of hydrogen-bond acceptors (Lipinski definition) is 8. The molecule has 0 spiro atoms. The molecule has 3 rings (SSSR count). The monoisotopic (exact) mass is 487 g/mol. The quantitative estimate of drug-likeness (QED) is 0.377. The topological polar surface area (TPSA) is 118 Å². The summed E-state index contributed by atoms with van der Waals surface area (Å²) in [5.74, 6) is 1.69. The summed E-state index contributed by atoms with van der Waals surface area (Å²) in [6, 6.07) is 6.03. The standard InChI is InChI=1S/C25H33N3O5S/c1-6-17-9-19(8-15(4)23(17)32-13-20(30)11-26-22(31)12-29)24-27-28-25(33-24)21-10-18(7-14(2)3)16(5)34-21/h8-10,14,20,29-30H,6-7,11-13H2,1-5H3,(H,26,31)/t20-/m0/s1. The van der Waals surface area contributed by atoms with Gasteiger partial charge >= 0.3 is 0 Å². The summed E-state index contributed by atoms with van der Waals surface area (Å²) in [5, 5.41) is 29.8. The van der Waals surface area contributed by atoms with Crippen LogP contribution < -0.4 is 10.1 Å². The number of aromatic nitrogens is 2. The predicted molar refractivity (Wildman–Crippen MR) is 132 cm³/mol. The summed E-state index contributed by atoms with van der Waals surface area (Å²) in [6.45, 7) is 9.89. The summed E-state index contributed by atoms with van der Waals surface area (Å²) >= 11 is 1.67. The Morgan fingerprint density at radius 1 is 1.18 bits per heavy atom. The van der Waals surface area contributed by atoms with Gasteiger partial charge in [0, 0.05) is 17.0 Å². The summed E-state index contributed by atoms with van der Waals surface area (Å²) in [5.41, 5.74) is 3.96. The lowest BCUT2D eigenvalue weighted by molar-refractivity contribution is -0.124. The molecule has 0 aliphatic rings. The first kappa shape index (κ1) is 25.9. The molecule has 3 N–H and O–H groups in total. The zero-order valence-corrected chi connectivity index (χ0v) is 21.2. The number of aliphatic hydroxyl groups is 2. The molecule has 1 amide bonds. The van der Waals surface area contributed by atoms with Crippen molar-refractivity contribution in [3.05, 3.63) is 39.8 Å². The van der Waals surface area contributed by atoms with Crippen molar-refractivity contribution < 1.29 is 24.2 Å². The molecule has 1 atom stereocenters. The van der Waals surface area contributed by atoms with Crippen LogP contribution in [0.2, 0.25) is 0 Å². The highest BCUT2D eigenvalue weighted by molar-refractivity contribution is 7.15. The van der Waals surface area contributed by atoms with Gasteiger partial charge in [-0.2, -0.15) is 0 Å². The maximum atomic E-state index is 11.1. The van der Waals surface area contributed by atoms with Crippen molar-refractivity contribution >= 4 is 17.2 Å². The number of aryl methyl sites for hydroxylation is 3. The Kier molecular flexibility index (Phi) is 8.82. The van der Waals surface area contributed by atoms with Crippen molar-refractivity contribution in [1.29, 1.82) is 0 Å². The molecule has 1 aromatic carbocycles. The molecule has 2 aromatic heterocycles. The van der Waals surface area contributed by atoms with E-state index in [1.165, 1.54) is 10.4 Å². The second kappa shape index (κ2) is 11.6. The summed E-state index contributed by atoms with van der Waals surface area (Å²) in [6.07, 6.45) is 0.838. The van der Waals surface area contributed by atoms with E-state index >= 15 is 0 Å². The number of nitrogens with zero attached hydrogens (tertiary/aromatic N) is 2. The second-order valence-corrected chi connectivity index (χ2v) is 10.0. The van der Waals surface area contributed by atoms with Gasteiger partial charge in [0.1, 0.15) is 25.1 Å². The van der Waals surface area contributed by atoms with Crippen LogP contribution in [0, 0.1) is 19.8 Å². The summed E-state index contributed by atoms with van der Waals surface area (Å²) < 4.78 is 11.9. The summed E-state index contributed by atoms with van der Waals surface area (Å²) in [7, 11) is 0. The van der Waals surface area contributed by atoms with Crippen LogP contribution in [0.3, 0.4) is 0 Å². The van der Waals surface area contributed by atoms with E-state index in [-0.39, 0.29) is 13.2 Å². The molecule has 9 heteroatoms. The fraction of sp³-hybridized carbons (Fsp3) is 0.480. The van der Waals surface area contributed by atoms with Crippen LogP contribution >= 0.6 is 11.3 Å². The molecule has 0 saturated heterocycles. The van der Waals surface area contributed by atoms with Crippen LogP contribution in [-0.4, -0.2) is 52.2 Å². The minimum Gasteiger partial charge on any atom is -0.490 e. The van der Waals surface area contributed by atoms with E-state index in [1.54, 1.807) is 11.3 Å². The smallest absolute Gasteiger partial charge is 0.258 e. The second-order valence-electron chi connectivity index (χ2n) is 8.76. The van der Waals surface area contributed by atoms with Gasteiger partial charge in [0.25, 0.3) is 5.89 Å². The Labute approximate surface area is 204 Å². The molecule has 34 heavy (non-hydrogen) atoms. The van der Waals surface area contributed by atoms with Gasteiger partial charge < -0.3 is 24.7 Å². The Morgan fingerprint density at radius 2 is 1.91 bits per heavy atom. The van der Waals surface area contributed by atoms with Crippen LogP contribution in [-0.2, 0) is 17.6 Å². The van der Waals surface area contributed by atoms with Crippen molar-refractivity contribution in [3.8, 4) is 28.0 Å². The molecule has 0 fully saturated rings. The van der Waals surface area contributed by atoms with E-state index in [0.29, 0.717) is 29.9 Å². The molecule has 0 radical (unpaired) electrons. The van der Waals surface area contributed by atoms with Crippen LogP contribution in [0.15, 0.2) is 22.6 Å². The number of carbonyl (C=O) groups excluding carboxylic acids is 1. The number of rotatable bonds is 11. The number of ether oxygens (including phenoxy) is 1. The highest BCUT2D eigenvalue weighted by atomic mass is 32.1. The van der Waals surface area contributed by atoms with Gasteiger partial charge in [-0.15, -0.1) is 21.5 Å². The van der Waals surface area contributed by atoms with Crippen molar-refractivity contribution in [2.45, 2.75) is 53.6 Å². The van der Waals surface area contributed by atoms with Crippen molar-refractivity contribution in [3.63, 3.8) is 0 Å². The zero-order chi connectivity index (χ0) is 24.8. The molecule has 8 nitrogen and oxygen atoms in total. The van der Waals surface area contributed by atoms with Crippen LogP contribution in [0.25, 0.3) is 22.2 Å². The normalized spacial score (nSPS) is 12.2. The van der Waals surface area contributed by atoms with Crippen molar-refractivity contribution in [1.82, 2.24) is 15.5 Å². The van der Waals surface area contributed by atoms with Gasteiger partial charge in [-0.1, -0.05) is 20.8 Å². The number of benzene rings is 1. The number of thiophene rings is 1. The van der Waals surface area contributed by atoms with E-state index in [2.05, 4.69) is 42.4 Å². The molecule has 184 valence electrons. The van der Waals surface area contributed by atoms with E-state index in [1.807, 2.05) is 26.0 Å². The fourth-order valence-electron chi connectivity index (χ4n) is 3.67. The molecule has 3 aromatic rings. The van der Waals surface area contributed by atoms with Crippen LogP contribution in [0.1, 0.15) is 42.3 Å². The minimum atomic E-state index is -0.896. The van der Waals surface area contributed by atoms with Crippen LogP contribution in [0.5, 0.6) is 5.75 Å². The van der Waals surface area contributed by atoms with Crippen molar-refractivity contribution in [2.24, 2.45) is 5.92 Å². The SMILES string of the molecule is CCc1cc(-c2nnc(-c3cc(CC(C)C)c(C)s3)o2)cc(C)c1OC[C@@H](O)CNC(=O)CO. The van der Waals surface area contributed by atoms with Gasteiger partial charge in [-0.25, -0.2) is 0 Å². The van der Waals surface area contributed by atoms with E-state index in [0.717, 1.165) is 28.0 Å². The maximum Gasteiger partial charge on any atom is 0.258 e. The fourth-order valence-corrected chi connectivity index (χ4v) is 4.65. The number of aliphatic hydroxyl groups excluding tert-OH is 2. The number of nitrogens with one attached hydrogen (secondary N) is 1. The lowest BCUT2D eigenvalue weighted by Crippen LogP contribution is -2.36. The lowest BCUT2D eigenvalue weighted by atomic mass is 10.0. The first-order chi connectivity index (χ1) is 16.2. The first-order valence-electron chi connectivity index (χ1n) is 11.5. The van der Waals surface area contributed by atoms with Gasteiger partial charge in [0.15, 0.2) is 0 Å². The van der Waals surface area contributed by atoms with E-state index in [4.69, 9.17) is 14.3 Å². The molecule has 0 aliphatic carbocycles. The Balaban J connectivity index is 1.76. The largest absolute Gasteiger partial charge is 0.490 e. The van der Waals surface area contributed by atoms with Gasteiger partial charge in [-0.3, -0.25) is 4.79 Å². The number of carbonyl (C=O) groups is 1. The average molecular weight is 488 g/mol. The van der Waals surface area contributed by atoms with Crippen molar-refractivity contribution in [2.75, 3.05) is 19.8 Å². The molecule has 0 saturated carbocycles. The summed E-state index contributed by atoms with van der Waals surface area (Å²) in [4.78, 5) is 13.4. The minimum absolute atomic E-state index is 0.00379. The lowest BCUT2D eigenvalue weighted by Gasteiger charge is -2.17. The Bertz CT molecular complexity index is 1120. The average Bonchev–Trinajstić information content (AvgIpc) is 3.43. The molecule has 0 unspecified atom stereocenters. The molecular formula is C25H33N3O5S. The number of hydrogen-bond donors (Lipinski definition) is 3. The molecule has 0 aliphatic heterocycles. The Morgan fingerprint density at radius 3 is 2.59 bits per heavy atom. The van der Waals surface area contributed by atoms with Gasteiger partial charge in [-0.05, 0) is 67.5 Å². The predicted octanol–water partition coefficient (Wildman–Crippen LogP) is 3.69. The third-order valence-electron chi connectivity index (χ3n) is 5.36. The maximum absolute atomic E-state index is 11.1. The first-order valence-corrected chi connectivity index (χ1v) is 12.3. The van der Waals surface area contributed by atoms with Gasteiger partial charge in [0.05, 0.1) is 4.88 Å². The number of amides is 1. The van der Waals surface area contributed by atoms with Gasteiger partial charge in [0.2, 0.25) is 11.8 Å². The van der Waals surface area contributed by atoms with Crippen LogP contribution in [0.4, 0.5) is 0 Å². The molecule has 0 bridgehead atoms. The third kappa shape index (κ3) is 6.43. The van der Waals surface area contributed by atoms with E-state index in [9.17, 15) is 9.90 Å². The Hall–Kier alpha value is -2.75.